The Morgan fingerprint density at radius 3 is 2.48 bits per heavy atom. The average molecular weight is 852 g/mol. The first kappa shape index (κ1) is 42.6. The van der Waals surface area contributed by atoms with Gasteiger partial charge in [0.15, 0.2) is 29.8 Å². The molecule has 0 radical (unpaired) electrons. The average Bonchev–Trinajstić information content (AvgIpc) is 3.86. The molecule has 0 bridgehead atoms. The molecule has 0 aliphatic carbocycles. The lowest BCUT2D eigenvalue weighted by molar-refractivity contribution is -0.160. The Hall–Kier alpha value is -4.97. The molecule has 312 valence electrons. The van der Waals surface area contributed by atoms with Crippen LogP contribution in [0.3, 0.4) is 0 Å². The van der Waals surface area contributed by atoms with Gasteiger partial charge < -0.3 is 50.8 Å². The maximum Gasteiger partial charge on any atom is 0.472 e. The van der Waals surface area contributed by atoms with E-state index in [4.69, 9.17) is 34.7 Å². The highest BCUT2D eigenvalue weighted by Gasteiger charge is 2.50. The number of anilines is 2. The molecule has 24 nitrogen and oxygen atoms in total. The molecule has 0 spiro atoms. The minimum absolute atomic E-state index is 0.00494. The van der Waals surface area contributed by atoms with Gasteiger partial charge in [0.1, 0.15) is 48.3 Å². The highest BCUT2D eigenvalue weighted by Crippen LogP contribution is 2.50. The van der Waals surface area contributed by atoms with Crippen molar-refractivity contribution in [2.24, 2.45) is 0 Å². The van der Waals surface area contributed by atoms with Crippen molar-refractivity contribution in [3.8, 4) is 0 Å². The molecule has 4 aromatic rings. The van der Waals surface area contributed by atoms with Crippen LogP contribution in [0.25, 0.3) is 11.2 Å². The molecule has 9 N–H and O–H groups in total. The van der Waals surface area contributed by atoms with Crippen molar-refractivity contribution in [2.75, 3.05) is 24.7 Å². The second-order valence-electron chi connectivity index (χ2n) is 12.9. The topological polar surface area (TPSA) is 347 Å². The van der Waals surface area contributed by atoms with Crippen molar-refractivity contribution >= 4 is 50.3 Å². The number of hydrogen-bond donors (Lipinski definition) is 7. The number of nitrogens with two attached hydrogens (primary N) is 2. The normalized spacial score (nSPS) is 24.9. The molecule has 5 heterocycles. The van der Waals surface area contributed by atoms with Crippen LogP contribution in [0.15, 0.2) is 72.7 Å². The van der Waals surface area contributed by atoms with Gasteiger partial charge in [-0.3, -0.25) is 27.5 Å². The van der Waals surface area contributed by atoms with E-state index in [9.17, 15) is 43.3 Å². The van der Waals surface area contributed by atoms with Gasteiger partial charge in [0.2, 0.25) is 5.91 Å². The Morgan fingerprint density at radius 1 is 1.03 bits per heavy atom. The van der Waals surface area contributed by atoms with Crippen LogP contribution >= 0.6 is 15.6 Å². The van der Waals surface area contributed by atoms with E-state index >= 15 is 0 Å². The largest absolute Gasteiger partial charge is 0.472 e. The summed E-state index contributed by atoms with van der Waals surface area (Å²) in [6.45, 7) is 1.87. The molecule has 2 fully saturated rings. The van der Waals surface area contributed by atoms with Gasteiger partial charge in [-0.05, 0) is 18.1 Å². The summed E-state index contributed by atoms with van der Waals surface area (Å²) in [5.41, 5.74) is 11.2. The number of phosphoric acid groups is 2. The van der Waals surface area contributed by atoms with Crippen LogP contribution in [0.5, 0.6) is 0 Å². The standard InChI is InChI=1S/C32H39N9O15P2/c1-2-3-9-22(42)39-24(17-7-5-4-6-8-17)31(44)55-27-20(54-30(26(27)43)41-16-37-25-28(34)35-15-36-29(25)41)14-52-58(49,50)56-18-12-23(40-11-10-21(33)38-32(40)45)53-19(18)13-51-57(46,47)48/h2,4-8,10-11,15-16,18-20,23-24,26-27,30,43H,1,3,9,12-14H2,(H,39,42)(H,49,50)(H2,33,38,45)(H2,34,35,36)(H2,46,47,48)/t18-,19+,20+,23+,24?,26+,27+,30+/m0/s1. The second kappa shape index (κ2) is 17.9. The number of carbonyl (C=O) groups excluding carboxylic acids is 2. The van der Waals surface area contributed by atoms with E-state index < -0.39 is 95.4 Å². The number of fused-ring (bicyclic) bond motifs is 1. The number of nitrogens with zero attached hydrogens (tertiary/aromatic N) is 6. The summed E-state index contributed by atoms with van der Waals surface area (Å²) < 4.78 is 60.0. The minimum Gasteiger partial charge on any atom is -0.455 e. The van der Waals surface area contributed by atoms with Crippen LogP contribution in [-0.4, -0.2) is 104 Å². The lowest BCUT2D eigenvalue weighted by Crippen LogP contribution is -2.42. The van der Waals surface area contributed by atoms with Crippen LogP contribution in [0.2, 0.25) is 0 Å². The molecule has 6 rings (SSSR count). The fourth-order valence-corrected chi connectivity index (χ4v) is 7.50. The third-order valence-corrected chi connectivity index (χ3v) is 10.4. The van der Waals surface area contributed by atoms with E-state index in [-0.39, 0.29) is 35.6 Å². The zero-order valence-corrected chi connectivity index (χ0v) is 31.9. The molecule has 2 aliphatic heterocycles. The maximum absolute atomic E-state index is 13.9. The van der Waals surface area contributed by atoms with Crippen molar-refractivity contribution in [3.63, 3.8) is 0 Å². The Bertz CT molecular complexity index is 2280. The molecule has 58 heavy (non-hydrogen) atoms. The van der Waals surface area contributed by atoms with Gasteiger partial charge in [-0.15, -0.1) is 6.58 Å². The van der Waals surface area contributed by atoms with Crippen molar-refractivity contribution < 1.29 is 66.3 Å². The number of carbonyl (C=O) groups is 2. The van der Waals surface area contributed by atoms with Crippen LogP contribution in [0.1, 0.15) is 43.3 Å². The Morgan fingerprint density at radius 2 is 1.78 bits per heavy atom. The lowest BCUT2D eigenvalue weighted by Gasteiger charge is -2.25. The predicted octanol–water partition coefficient (Wildman–Crippen LogP) is 0.140. The van der Waals surface area contributed by atoms with Crippen LogP contribution in [-0.2, 0) is 46.5 Å². The second-order valence-corrected chi connectivity index (χ2v) is 15.5. The third kappa shape index (κ3) is 10.2. The quantitative estimate of drug-likeness (QED) is 0.0422. The van der Waals surface area contributed by atoms with E-state index in [1.165, 1.54) is 29.2 Å². The Kier molecular flexibility index (Phi) is 13.1. The van der Waals surface area contributed by atoms with E-state index in [0.717, 1.165) is 10.9 Å². The van der Waals surface area contributed by atoms with Gasteiger partial charge in [0.05, 0.1) is 19.5 Å². The number of allylic oxidation sites excluding steroid dienone is 1. The maximum atomic E-state index is 13.9. The predicted molar refractivity (Wildman–Crippen MR) is 196 cm³/mol. The number of nitrogens with one attached hydrogen (secondary N) is 1. The number of esters is 1. The number of hydrogen-bond acceptors (Lipinski definition) is 18. The number of rotatable bonds is 17. The first-order valence-electron chi connectivity index (χ1n) is 17.3. The zero-order valence-electron chi connectivity index (χ0n) is 30.1. The van der Waals surface area contributed by atoms with Gasteiger partial charge >= 0.3 is 27.3 Å². The molecule has 1 aromatic carbocycles. The summed E-state index contributed by atoms with van der Waals surface area (Å²) in [5, 5.41) is 14.3. The zero-order chi connectivity index (χ0) is 41.8. The van der Waals surface area contributed by atoms with Gasteiger partial charge in [-0.25, -0.2) is 33.7 Å². The number of aliphatic hydroxyl groups is 1. The number of amides is 1. The third-order valence-electron chi connectivity index (χ3n) is 8.89. The molecule has 0 saturated carbocycles. The number of phosphoric ester groups is 2. The number of aromatic nitrogens is 6. The molecule has 3 aromatic heterocycles. The van der Waals surface area contributed by atoms with E-state index in [1.807, 2.05) is 0 Å². The van der Waals surface area contributed by atoms with Gasteiger partial charge in [-0.2, -0.15) is 4.98 Å². The summed E-state index contributed by atoms with van der Waals surface area (Å²) >= 11 is 0. The summed E-state index contributed by atoms with van der Waals surface area (Å²) in [4.78, 5) is 84.4. The molecule has 9 atom stereocenters. The SMILES string of the molecule is C=CCCC(=O)NC(C(=O)O[C@H]1[C@@H](O)[C@H](n2cnc3c(N)ncnc32)O[C@@H]1COP(=O)(O)O[C@H]1C[C@H](n2ccc(N)nc2=O)O[C@@H]1COP(=O)(O)O)c1ccccc1. The van der Waals surface area contributed by atoms with Crippen LogP contribution in [0, 0.1) is 0 Å². The summed E-state index contributed by atoms with van der Waals surface area (Å²) in [5.74, 6) is -1.63. The fraction of sp³-hybridized carbons (Fsp3) is 0.406. The Labute approximate surface area is 327 Å². The minimum atomic E-state index is -5.21. The number of nitrogen functional groups attached to an aromatic ring is 2. The molecular weight excluding hydrogens is 812 g/mol. The number of aliphatic hydroxyl groups excluding tert-OH is 1. The number of imidazole rings is 1. The number of benzene rings is 1. The van der Waals surface area contributed by atoms with Crippen LogP contribution in [0.4, 0.5) is 11.6 Å². The molecule has 26 heteroatoms. The van der Waals surface area contributed by atoms with Gasteiger partial charge in [-0.1, -0.05) is 36.4 Å². The van der Waals surface area contributed by atoms with E-state index in [1.54, 1.807) is 30.3 Å². The van der Waals surface area contributed by atoms with Crippen LogP contribution < -0.4 is 22.5 Å². The molecule has 1 amide bonds. The highest BCUT2D eigenvalue weighted by molar-refractivity contribution is 7.47. The van der Waals surface area contributed by atoms with Crippen molar-refractivity contribution in [2.45, 2.75) is 68.3 Å². The van der Waals surface area contributed by atoms with E-state index in [0.29, 0.717) is 12.0 Å². The van der Waals surface area contributed by atoms with Crippen molar-refractivity contribution in [3.05, 3.63) is 84.0 Å². The fourth-order valence-electron chi connectivity index (χ4n) is 6.19. The lowest BCUT2D eigenvalue weighted by atomic mass is 10.1. The molecular formula is C32H39N9O15P2. The van der Waals surface area contributed by atoms with Crippen molar-refractivity contribution in [1.29, 1.82) is 0 Å². The van der Waals surface area contributed by atoms with E-state index in [2.05, 4.69) is 36.4 Å². The first-order chi connectivity index (χ1) is 27.5. The summed E-state index contributed by atoms with van der Waals surface area (Å²) in [6, 6.07) is 8.01. The molecule has 2 unspecified atom stereocenters. The first-order valence-corrected chi connectivity index (χ1v) is 20.3. The van der Waals surface area contributed by atoms with Gasteiger partial charge in [0.25, 0.3) is 0 Å². The summed E-state index contributed by atoms with van der Waals surface area (Å²) in [7, 11) is -10.3. The molecule has 2 aliphatic rings. The monoisotopic (exact) mass is 851 g/mol. The highest BCUT2D eigenvalue weighted by atomic mass is 31.2. The molecule has 2 saturated heterocycles. The summed E-state index contributed by atoms with van der Waals surface area (Å²) in [6.07, 6.45) is -5.30. The smallest absolute Gasteiger partial charge is 0.455 e. The van der Waals surface area contributed by atoms with Gasteiger partial charge in [0, 0.05) is 19.0 Å². The van der Waals surface area contributed by atoms with Crippen molar-refractivity contribution in [1.82, 2.24) is 34.4 Å². The number of ether oxygens (including phenoxy) is 3. The Balaban J connectivity index is 1.24.